The van der Waals surface area contributed by atoms with E-state index in [2.05, 4.69) is 26.0 Å². The summed E-state index contributed by atoms with van der Waals surface area (Å²) in [5, 5.41) is 20.0. The monoisotopic (exact) mass is 278 g/mol. The topological polar surface area (TPSA) is 40.5 Å². The summed E-state index contributed by atoms with van der Waals surface area (Å²) >= 11 is 0. The van der Waals surface area contributed by atoms with Crippen LogP contribution in [-0.2, 0) is 0 Å². The molecular weight excluding hydrogens is 248 g/mol. The molecule has 0 bridgehead atoms. The van der Waals surface area contributed by atoms with Gasteiger partial charge in [-0.25, -0.2) is 0 Å². The lowest BCUT2D eigenvalue weighted by Crippen LogP contribution is -2.38. The molecule has 2 heteroatoms. The summed E-state index contributed by atoms with van der Waals surface area (Å²) in [4.78, 5) is 0. The maximum atomic E-state index is 10.2. The lowest BCUT2D eigenvalue weighted by molar-refractivity contribution is 0.0120. The molecule has 0 amide bonds. The van der Waals surface area contributed by atoms with E-state index in [0.29, 0.717) is 5.92 Å². The van der Waals surface area contributed by atoms with Crippen LogP contribution in [0.1, 0.15) is 66.2 Å². The number of hydrogen-bond donors (Lipinski definition) is 2. The van der Waals surface area contributed by atoms with Gasteiger partial charge < -0.3 is 10.2 Å². The Morgan fingerprint density at radius 3 is 2.85 bits per heavy atom. The number of hydrogen-bond acceptors (Lipinski definition) is 2. The van der Waals surface area contributed by atoms with Crippen LogP contribution >= 0.6 is 0 Å². The third-order valence-corrected chi connectivity index (χ3v) is 5.30. The van der Waals surface area contributed by atoms with E-state index in [4.69, 9.17) is 0 Å². The summed E-state index contributed by atoms with van der Waals surface area (Å²) in [5.74, 6) is 0.406. The number of fused-ring (bicyclic) bond motifs is 1. The molecule has 0 aromatic heterocycles. The molecule has 20 heavy (non-hydrogen) atoms. The minimum Gasteiger partial charge on any atom is -0.393 e. The SMILES string of the molecule is C/C(=C\CCC(C)(C)O)C1=CCC2C(O)CCCC12C. The zero-order valence-corrected chi connectivity index (χ0v) is 13.4. The molecule has 2 rings (SSSR count). The van der Waals surface area contributed by atoms with E-state index in [1.807, 2.05) is 13.8 Å². The maximum Gasteiger partial charge on any atom is 0.0594 e. The first-order valence-corrected chi connectivity index (χ1v) is 8.02. The zero-order valence-electron chi connectivity index (χ0n) is 13.4. The highest BCUT2D eigenvalue weighted by atomic mass is 16.3. The molecule has 3 unspecified atom stereocenters. The molecule has 2 aliphatic rings. The normalized spacial score (nSPS) is 34.9. The molecule has 0 spiro atoms. The summed E-state index contributed by atoms with van der Waals surface area (Å²) < 4.78 is 0. The molecule has 2 aliphatic carbocycles. The second-order valence-electron chi connectivity index (χ2n) is 7.58. The predicted octanol–water partition coefficient (Wildman–Crippen LogP) is 3.98. The second-order valence-corrected chi connectivity index (χ2v) is 7.58. The summed E-state index contributed by atoms with van der Waals surface area (Å²) in [5.41, 5.74) is 2.35. The van der Waals surface area contributed by atoms with Crippen molar-refractivity contribution in [3.63, 3.8) is 0 Å². The molecule has 0 radical (unpaired) electrons. The largest absolute Gasteiger partial charge is 0.393 e. The summed E-state index contributed by atoms with van der Waals surface area (Å²) in [6, 6.07) is 0. The van der Waals surface area contributed by atoms with Gasteiger partial charge in [0.15, 0.2) is 0 Å². The highest BCUT2D eigenvalue weighted by Crippen LogP contribution is 2.54. The first-order chi connectivity index (χ1) is 9.24. The van der Waals surface area contributed by atoms with Gasteiger partial charge in [-0.15, -0.1) is 0 Å². The number of allylic oxidation sites excluding steroid dienone is 4. The molecule has 1 saturated carbocycles. The van der Waals surface area contributed by atoms with Crippen molar-refractivity contribution in [2.75, 3.05) is 0 Å². The van der Waals surface area contributed by atoms with Gasteiger partial charge in [0.1, 0.15) is 0 Å². The number of rotatable bonds is 4. The molecule has 0 heterocycles. The summed E-state index contributed by atoms with van der Waals surface area (Å²) in [6.07, 6.45) is 10.5. The van der Waals surface area contributed by atoms with Crippen molar-refractivity contribution in [3.8, 4) is 0 Å². The molecule has 0 aromatic rings. The molecule has 0 aromatic carbocycles. The quantitative estimate of drug-likeness (QED) is 0.816. The first kappa shape index (κ1) is 15.8. The molecule has 0 saturated heterocycles. The molecular formula is C18H30O2. The molecule has 2 N–H and O–H groups in total. The van der Waals surface area contributed by atoms with Crippen LogP contribution in [0.3, 0.4) is 0 Å². The average molecular weight is 278 g/mol. The lowest BCUT2D eigenvalue weighted by atomic mass is 9.64. The van der Waals surface area contributed by atoms with Crippen LogP contribution in [0, 0.1) is 11.3 Å². The fourth-order valence-electron chi connectivity index (χ4n) is 4.08. The highest BCUT2D eigenvalue weighted by Gasteiger charge is 2.46. The van der Waals surface area contributed by atoms with Gasteiger partial charge >= 0.3 is 0 Å². The second kappa shape index (κ2) is 5.65. The minimum absolute atomic E-state index is 0.133. The molecule has 114 valence electrons. The van der Waals surface area contributed by atoms with Crippen molar-refractivity contribution in [1.82, 2.24) is 0 Å². The van der Waals surface area contributed by atoms with Gasteiger partial charge in [-0.2, -0.15) is 0 Å². The third-order valence-electron chi connectivity index (χ3n) is 5.30. The van der Waals surface area contributed by atoms with Crippen molar-refractivity contribution in [3.05, 3.63) is 23.3 Å². The van der Waals surface area contributed by atoms with Crippen LogP contribution in [0.25, 0.3) is 0 Å². The van der Waals surface area contributed by atoms with Crippen molar-refractivity contribution >= 4 is 0 Å². The Kier molecular flexibility index (Phi) is 4.46. The smallest absolute Gasteiger partial charge is 0.0594 e. The van der Waals surface area contributed by atoms with Crippen molar-refractivity contribution < 1.29 is 10.2 Å². The van der Waals surface area contributed by atoms with E-state index < -0.39 is 5.60 Å². The van der Waals surface area contributed by atoms with E-state index >= 15 is 0 Å². The summed E-state index contributed by atoms with van der Waals surface area (Å²) in [6.45, 7) is 8.23. The Labute approximate surface area is 123 Å². The van der Waals surface area contributed by atoms with Crippen molar-refractivity contribution in [2.45, 2.75) is 77.9 Å². The fourth-order valence-corrected chi connectivity index (χ4v) is 4.08. The molecule has 3 atom stereocenters. The van der Waals surface area contributed by atoms with E-state index in [0.717, 1.165) is 32.1 Å². The van der Waals surface area contributed by atoms with Gasteiger partial charge in [0, 0.05) is 0 Å². The Morgan fingerprint density at radius 2 is 2.20 bits per heavy atom. The lowest BCUT2D eigenvalue weighted by Gasteiger charge is -2.42. The van der Waals surface area contributed by atoms with Crippen LogP contribution in [-0.4, -0.2) is 21.9 Å². The summed E-state index contributed by atoms with van der Waals surface area (Å²) in [7, 11) is 0. The van der Waals surface area contributed by atoms with Crippen LogP contribution in [0.5, 0.6) is 0 Å². The van der Waals surface area contributed by atoms with E-state index in [1.54, 1.807) is 0 Å². The van der Waals surface area contributed by atoms with Gasteiger partial charge in [-0.3, -0.25) is 0 Å². The van der Waals surface area contributed by atoms with Crippen LogP contribution in [0.2, 0.25) is 0 Å². The van der Waals surface area contributed by atoms with Crippen LogP contribution in [0.15, 0.2) is 23.3 Å². The van der Waals surface area contributed by atoms with Crippen LogP contribution < -0.4 is 0 Å². The fraction of sp³-hybridized carbons (Fsp3) is 0.778. The van der Waals surface area contributed by atoms with Gasteiger partial charge in [-0.05, 0) is 76.2 Å². The standard InChI is InChI=1S/C18H30O2/c1-13(7-5-11-17(2,3)20)14-9-10-15-16(19)8-6-12-18(14,15)4/h7,9,15-16,19-20H,5-6,8,10-12H2,1-4H3/b13-7+. The van der Waals surface area contributed by atoms with Gasteiger partial charge in [0.2, 0.25) is 0 Å². The maximum absolute atomic E-state index is 10.2. The molecule has 2 nitrogen and oxygen atoms in total. The van der Waals surface area contributed by atoms with Crippen molar-refractivity contribution in [2.24, 2.45) is 11.3 Å². The van der Waals surface area contributed by atoms with Crippen LogP contribution in [0.4, 0.5) is 0 Å². The Balaban J connectivity index is 2.07. The Hall–Kier alpha value is -0.600. The van der Waals surface area contributed by atoms with E-state index in [-0.39, 0.29) is 11.5 Å². The third kappa shape index (κ3) is 3.17. The van der Waals surface area contributed by atoms with Gasteiger partial charge in [-0.1, -0.05) is 24.6 Å². The number of aliphatic hydroxyl groups excluding tert-OH is 1. The average Bonchev–Trinajstić information content (AvgIpc) is 2.66. The highest BCUT2D eigenvalue weighted by molar-refractivity contribution is 5.39. The molecule has 1 fully saturated rings. The van der Waals surface area contributed by atoms with E-state index in [9.17, 15) is 10.2 Å². The Morgan fingerprint density at radius 1 is 1.50 bits per heavy atom. The van der Waals surface area contributed by atoms with E-state index in [1.165, 1.54) is 17.6 Å². The number of aliphatic hydroxyl groups is 2. The Bertz CT molecular complexity index is 414. The van der Waals surface area contributed by atoms with Gasteiger partial charge in [0.05, 0.1) is 11.7 Å². The zero-order chi connectivity index (χ0) is 15.0. The first-order valence-electron chi connectivity index (χ1n) is 8.02. The van der Waals surface area contributed by atoms with Crippen molar-refractivity contribution in [1.29, 1.82) is 0 Å². The predicted molar refractivity (Wildman–Crippen MR) is 83.4 cm³/mol. The minimum atomic E-state index is -0.589. The van der Waals surface area contributed by atoms with Gasteiger partial charge in [0.25, 0.3) is 0 Å². The molecule has 0 aliphatic heterocycles.